The number of carbonyl (C=O) groups excluding carboxylic acids is 2. The van der Waals surface area contributed by atoms with Crippen LogP contribution >= 0.6 is 0 Å². The molecule has 0 aromatic carbocycles. The third-order valence-electron chi connectivity index (χ3n) is 3.57. The number of aromatic nitrogens is 1. The first-order valence-corrected chi connectivity index (χ1v) is 7.11. The van der Waals surface area contributed by atoms with Gasteiger partial charge >= 0.3 is 0 Å². The maximum atomic E-state index is 12.6. The number of pyridine rings is 1. The zero-order valence-electron chi connectivity index (χ0n) is 12.0. The summed E-state index contributed by atoms with van der Waals surface area (Å²) in [4.78, 5) is 30.4. The Labute approximate surface area is 119 Å². The number of rotatable bonds is 4. The van der Waals surface area contributed by atoms with E-state index in [1.807, 2.05) is 32.0 Å². The molecule has 2 heterocycles. The molecule has 1 aliphatic rings. The van der Waals surface area contributed by atoms with E-state index in [4.69, 9.17) is 0 Å². The smallest absolute Gasteiger partial charge is 0.245 e. The lowest BCUT2D eigenvalue weighted by molar-refractivity contribution is -0.135. The van der Waals surface area contributed by atoms with Crippen LogP contribution in [0.5, 0.6) is 0 Å². The maximum Gasteiger partial charge on any atom is 0.245 e. The summed E-state index contributed by atoms with van der Waals surface area (Å²) in [7, 11) is 0. The first-order chi connectivity index (χ1) is 9.61. The summed E-state index contributed by atoms with van der Waals surface area (Å²) in [5.41, 5.74) is 0.845. The Balaban J connectivity index is 2.19. The van der Waals surface area contributed by atoms with E-state index in [-0.39, 0.29) is 17.9 Å². The van der Waals surface area contributed by atoms with Gasteiger partial charge < -0.3 is 10.2 Å². The average molecular weight is 275 g/mol. The van der Waals surface area contributed by atoms with Crippen molar-refractivity contribution in [2.24, 2.45) is 0 Å². The summed E-state index contributed by atoms with van der Waals surface area (Å²) in [6, 6.07) is 5.15. The van der Waals surface area contributed by atoms with Crippen LogP contribution in [0, 0.1) is 0 Å². The highest BCUT2D eigenvalue weighted by molar-refractivity contribution is 5.90. The number of hydrogen-bond acceptors (Lipinski definition) is 3. The molecule has 1 aliphatic heterocycles. The Morgan fingerprint density at radius 1 is 1.40 bits per heavy atom. The van der Waals surface area contributed by atoms with E-state index in [1.54, 1.807) is 11.1 Å². The van der Waals surface area contributed by atoms with Crippen molar-refractivity contribution in [1.29, 1.82) is 0 Å². The quantitative estimate of drug-likeness (QED) is 0.905. The molecule has 5 nitrogen and oxygen atoms in total. The fourth-order valence-electron chi connectivity index (χ4n) is 2.50. The molecular formula is C15H21N3O2. The van der Waals surface area contributed by atoms with Gasteiger partial charge in [-0.05, 0) is 25.5 Å². The highest BCUT2D eigenvalue weighted by Crippen LogP contribution is 2.16. The van der Waals surface area contributed by atoms with Gasteiger partial charge in [0.05, 0.1) is 12.2 Å². The Bertz CT molecular complexity index is 475. The molecule has 2 amide bonds. The van der Waals surface area contributed by atoms with Crippen LogP contribution in [0.4, 0.5) is 0 Å². The third-order valence-corrected chi connectivity index (χ3v) is 3.57. The number of nitrogens with one attached hydrogen (secondary N) is 1. The van der Waals surface area contributed by atoms with Gasteiger partial charge in [-0.3, -0.25) is 14.6 Å². The molecule has 0 saturated carbocycles. The van der Waals surface area contributed by atoms with E-state index in [9.17, 15) is 9.59 Å². The van der Waals surface area contributed by atoms with E-state index in [0.29, 0.717) is 19.4 Å². The zero-order chi connectivity index (χ0) is 14.5. The van der Waals surface area contributed by atoms with E-state index in [2.05, 4.69) is 10.3 Å². The highest BCUT2D eigenvalue weighted by Gasteiger charge is 2.33. The molecule has 1 aromatic heterocycles. The average Bonchev–Trinajstić information content (AvgIpc) is 2.52. The lowest BCUT2D eigenvalue weighted by Crippen LogP contribution is -2.46. The van der Waals surface area contributed by atoms with Gasteiger partial charge in [0.15, 0.2) is 0 Å². The summed E-state index contributed by atoms with van der Waals surface area (Å²) in [5.74, 6) is -0.0522. The van der Waals surface area contributed by atoms with Crippen LogP contribution in [-0.4, -0.2) is 33.8 Å². The molecule has 0 spiro atoms. The van der Waals surface area contributed by atoms with Gasteiger partial charge in [0.1, 0.15) is 6.04 Å². The molecule has 1 saturated heterocycles. The Morgan fingerprint density at radius 2 is 2.20 bits per heavy atom. The number of hydrogen-bond donors (Lipinski definition) is 1. The normalized spacial score (nSPS) is 23.4. The van der Waals surface area contributed by atoms with Crippen molar-refractivity contribution in [1.82, 2.24) is 15.2 Å². The highest BCUT2D eigenvalue weighted by atomic mass is 16.2. The Hall–Kier alpha value is -1.91. The predicted octanol–water partition coefficient (Wildman–Crippen LogP) is 1.49. The van der Waals surface area contributed by atoms with Gasteiger partial charge in [-0.25, -0.2) is 0 Å². The van der Waals surface area contributed by atoms with Crippen molar-refractivity contribution in [3.63, 3.8) is 0 Å². The largest absolute Gasteiger partial charge is 0.344 e. The van der Waals surface area contributed by atoms with Crippen molar-refractivity contribution in [3.05, 3.63) is 30.1 Å². The summed E-state index contributed by atoms with van der Waals surface area (Å²) in [6.45, 7) is 4.38. The second kappa shape index (κ2) is 6.50. The second-order valence-corrected chi connectivity index (χ2v) is 5.25. The van der Waals surface area contributed by atoms with E-state index in [1.165, 1.54) is 0 Å². The molecule has 20 heavy (non-hydrogen) atoms. The van der Waals surface area contributed by atoms with E-state index >= 15 is 0 Å². The van der Waals surface area contributed by atoms with Gasteiger partial charge in [0.25, 0.3) is 0 Å². The SMILES string of the molecule is CCCC1NC(=O)CC(C)N(Cc2ccccn2)C1=O. The minimum atomic E-state index is -0.402. The lowest BCUT2D eigenvalue weighted by Gasteiger charge is -2.28. The first kappa shape index (κ1) is 14.5. The van der Waals surface area contributed by atoms with Gasteiger partial charge in [-0.1, -0.05) is 19.4 Å². The molecular weight excluding hydrogens is 254 g/mol. The van der Waals surface area contributed by atoms with E-state index in [0.717, 1.165) is 12.1 Å². The maximum absolute atomic E-state index is 12.6. The standard InChI is InChI=1S/C15H21N3O2/c1-3-6-13-15(20)18(11(2)9-14(19)17-13)10-12-7-4-5-8-16-12/h4-5,7-8,11,13H,3,6,9-10H2,1-2H3,(H,17,19). The van der Waals surface area contributed by atoms with Gasteiger partial charge in [0, 0.05) is 18.7 Å². The zero-order valence-corrected chi connectivity index (χ0v) is 12.0. The van der Waals surface area contributed by atoms with Crippen LogP contribution in [0.1, 0.15) is 38.8 Å². The fourth-order valence-corrected chi connectivity index (χ4v) is 2.50. The Morgan fingerprint density at radius 3 is 2.85 bits per heavy atom. The molecule has 0 radical (unpaired) electrons. The second-order valence-electron chi connectivity index (χ2n) is 5.25. The molecule has 0 bridgehead atoms. The molecule has 2 rings (SSSR count). The van der Waals surface area contributed by atoms with Gasteiger partial charge in [-0.15, -0.1) is 0 Å². The van der Waals surface area contributed by atoms with Gasteiger partial charge in [-0.2, -0.15) is 0 Å². The Kier molecular flexibility index (Phi) is 4.71. The van der Waals surface area contributed by atoms with Crippen LogP contribution in [0.2, 0.25) is 0 Å². The molecule has 108 valence electrons. The van der Waals surface area contributed by atoms with Crippen LogP contribution in [-0.2, 0) is 16.1 Å². The summed E-state index contributed by atoms with van der Waals surface area (Å²) >= 11 is 0. The molecule has 2 atom stereocenters. The van der Waals surface area contributed by atoms with Crippen LogP contribution in [0.25, 0.3) is 0 Å². The summed E-state index contributed by atoms with van der Waals surface area (Å²) < 4.78 is 0. The number of amides is 2. The van der Waals surface area contributed by atoms with E-state index < -0.39 is 6.04 Å². The van der Waals surface area contributed by atoms with Crippen molar-refractivity contribution in [3.8, 4) is 0 Å². The number of carbonyl (C=O) groups is 2. The molecule has 2 unspecified atom stereocenters. The van der Waals surface area contributed by atoms with Crippen LogP contribution < -0.4 is 5.32 Å². The fraction of sp³-hybridized carbons (Fsp3) is 0.533. The first-order valence-electron chi connectivity index (χ1n) is 7.11. The molecule has 1 fully saturated rings. The molecule has 0 aliphatic carbocycles. The molecule has 5 heteroatoms. The topological polar surface area (TPSA) is 62.3 Å². The van der Waals surface area contributed by atoms with Crippen molar-refractivity contribution in [2.75, 3.05) is 0 Å². The summed E-state index contributed by atoms with van der Waals surface area (Å²) in [6.07, 6.45) is 3.60. The van der Waals surface area contributed by atoms with Crippen molar-refractivity contribution < 1.29 is 9.59 Å². The number of nitrogens with zero attached hydrogens (tertiary/aromatic N) is 2. The van der Waals surface area contributed by atoms with Gasteiger partial charge in [0.2, 0.25) is 11.8 Å². The minimum absolute atomic E-state index is 0.00384. The minimum Gasteiger partial charge on any atom is -0.344 e. The lowest BCUT2D eigenvalue weighted by atomic mass is 10.1. The monoisotopic (exact) mass is 275 g/mol. The molecule has 1 N–H and O–H groups in total. The summed E-state index contributed by atoms with van der Waals surface area (Å²) in [5, 5.41) is 2.83. The van der Waals surface area contributed by atoms with Crippen molar-refractivity contribution in [2.45, 2.75) is 51.7 Å². The van der Waals surface area contributed by atoms with Crippen LogP contribution in [0.3, 0.4) is 0 Å². The predicted molar refractivity (Wildman–Crippen MR) is 75.7 cm³/mol. The molecule has 1 aromatic rings. The third kappa shape index (κ3) is 3.35. The van der Waals surface area contributed by atoms with Crippen LogP contribution in [0.15, 0.2) is 24.4 Å². The van der Waals surface area contributed by atoms with Crippen molar-refractivity contribution >= 4 is 11.8 Å².